The monoisotopic (exact) mass is 425 g/mol. The van der Waals surface area contributed by atoms with Crippen LogP contribution in [0, 0.1) is 0 Å². The van der Waals surface area contributed by atoms with Crippen LogP contribution in [0.25, 0.3) is 33.4 Å². The van der Waals surface area contributed by atoms with Gasteiger partial charge in [0.25, 0.3) is 0 Å². The molecule has 7 heteroatoms. The van der Waals surface area contributed by atoms with E-state index in [9.17, 15) is 4.79 Å². The minimum Gasteiger partial charge on any atom is -0.491 e. The summed E-state index contributed by atoms with van der Waals surface area (Å²) in [5.74, 6) is 0.856. The van der Waals surface area contributed by atoms with Gasteiger partial charge < -0.3 is 10.1 Å². The van der Waals surface area contributed by atoms with Crippen LogP contribution in [0.2, 0.25) is 0 Å². The third-order valence-corrected chi connectivity index (χ3v) is 6.27. The molecular formula is C25H23N5O2. The molecule has 1 saturated heterocycles. The summed E-state index contributed by atoms with van der Waals surface area (Å²) in [5, 5.41) is 8.92. The number of amides is 1. The van der Waals surface area contributed by atoms with Crippen molar-refractivity contribution in [2.45, 2.75) is 38.3 Å². The van der Waals surface area contributed by atoms with Crippen LogP contribution >= 0.6 is 0 Å². The number of hydrogen-bond acceptors (Lipinski definition) is 5. The van der Waals surface area contributed by atoms with Crippen molar-refractivity contribution in [3.05, 3.63) is 60.6 Å². The van der Waals surface area contributed by atoms with E-state index in [-0.39, 0.29) is 11.9 Å². The van der Waals surface area contributed by atoms with Gasteiger partial charge in [0.05, 0.1) is 17.3 Å². The third-order valence-electron chi connectivity index (χ3n) is 6.27. The zero-order valence-corrected chi connectivity index (χ0v) is 17.6. The molecule has 7 nitrogen and oxygen atoms in total. The van der Waals surface area contributed by atoms with Crippen LogP contribution in [0.3, 0.4) is 0 Å². The molecule has 0 bridgehead atoms. The quantitative estimate of drug-likeness (QED) is 0.526. The van der Waals surface area contributed by atoms with Crippen molar-refractivity contribution in [2.75, 3.05) is 6.61 Å². The Morgan fingerprint density at radius 2 is 2.06 bits per heavy atom. The average Bonchev–Trinajstić information content (AvgIpc) is 3.54. The van der Waals surface area contributed by atoms with Gasteiger partial charge in [-0.3, -0.25) is 19.4 Å². The number of nitrogens with zero attached hydrogens (tertiary/aromatic N) is 4. The van der Waals surface area contributed by atoms with Crippen LogP contribution in [0.4, 0.5) is 0 Å². The van der Waals surface area contributed by atoms with Crippen molar-refractivity contribution in [1.29, 1.82) is 0 Å². The lowest BCUT2D eigenvalue weighted by Gasteiger charge is -2.13. The predicted molar refractivity (Wildman–Crippen MR) is 121 cm³/mol. The number of carbonyl (C=O) groups excluding carboxylic acids is 1. The van der Waals surface area contributed by atoms with Gasteiger partial charge in [-0.15, -0.1) is 0 Å². The molecular weight excluding hydrogens is 402 g/mol. The van der Waals surface area contributed by atoms with Gasteiger partial charge in [-0.25, -0.2) is 0 Å². The van der Waals surface area contributed by atoms with Crippen molar-refractivity contribution in [2.24, 2.45) is 0 Å². The summed E-state index contributed by atoms with van der Waals surface area (Å²) in [7, 11) is 0. The van der Waals surface area contributed by atoms with Gasteiger partial charge in [-0.1, -0.05) is 6.07 Å². The van der Waals surface area contributed by atoms with Crippen molar-refractivity contribution in [3.8, 4) is 28.3 Å². The van der Waals surface area contributed by atoms with E-state index in [1.54, 1.807) is 0 Å². The van der Waals surface area contributed by atoms with E-state index in [2.05, 4.69) is 32.1 Å². The number of pyridine rings is 2. The Bertz CT molecular complexity index is 1310. The predicted octanol–water partition coefficient (Wildman–Crippen LogP) is 3.76. The fraction of sp³-hybridized carbons (Fsp3) is 0.280. The molecule has 160 valence electrons. The fourth-order valence-corrected chi connectivity index (χ4v) is 4.73. The molecule has 4 aromatic rings. The first-order valence-corrected chi connectivity index (χ1v) is 11.1. The summed E-state index contributed by atoms with van der Waals surface area (Å²) in [5.41, 5.74) is 6.21. The van der Waals surface area contributed by atoms with Gasteiger partial charge in [0.15, 0.2) is 0 Å². The zero-order chi connectivity index (χ0) is 21.5. The lowest BCUT2D eigenvalue weighted by Crippen LogP contribution is -2.30. The lowest BCUT2D eigenvalue weighted by molar-refractivity contribution is -0.119. The summed E-state index contributed by atoms with van der Waals surface area (Å²) in [4.78, 5) is 20.6. The maximum atomic E-state index is 11.4. The van der Waals surface area contributed by atoms with E-state index >= 15 is 0 Å². The number of aromatic nitrogens is 4. The number of aryl methyl sites for hydroxylation is 1. The van der Waals surface area contributed by atoms with Gasteiger partial charge >= 0.3 is 0 Å². The summed E-state index contributed by atoms with van der Waals surface area (Å²) in [6.07, 6.45) is 7.16. The molecule has 2 aliphatic heterocycles. The lowest BCUT2D eigenvalue weighted by atomic mass is 9.96. The molecule has 1 N–H and O–H groups in total. The van der Waals surface area contributed by atoms with E-state index in [4.69, 9.17) is 9.84 Å². The second kappa shape index (κ2) is 7.75. The summed E-state index contributed by atoms with van der Waals surface area (Å²) >= 11 is 0. The summed E-state index contributed by atoms with van der Waals surface area (Å²) < 4.78 is 8.09. The Balaban J connectivity index is 1.39. The summed E-state index contributed by atoms with van der Waals surface area (Å²) in [6, 6.07) is 14.1. The number of carbonyl (C=O) groups is 1. The molecule has 6 rings (SSSR count). The number of benzene rings is 1. The van der Waals surface area contributed by atoms with Gasteiger partial charge in [-0.2, -0.15) is 5.10 Å². The first-order chi connectivity index (χ1) is 15.8. The molecule has 0 spiro atoms. The van der Waals surface area contributed by atoms with Gasteiger partial charge in [0.1, 0.15) is 18.1 Å². The maximum Gasteiger partial charge on any atom is 0.220 e. The molecule has 32 heavy (non-hydrogen) atoms. The van der Waals surface area contributed by atoms with E-state index < -0.39 is 0 Å². The third kappa shape index (κ3) is 3.30. The minimum atomic E-state index is 0.0772. The Labute approximate surface area is 185 Å². The van der Waals surface area contributed by atoms with Crippen molar-refractivity contribution >= 4 is 16.8 Å². The fourth-order valence-electron chi connectivity index (χ4n) is 4.73. The molecule has 0 radical (unpaired) electrons. The Kier molecular flexibility index (Phi) is 4.60. The Morgan fingerprint density at radius 3 is 2.91 bits per heavy atom. The van der Waals surface area contributed by atoms with Crippen LogP contribution in [0.5, 0.6) is 5.75 Å². The molecule has 5 heterocycles. The van der Waals surface area contributed by atoms with Crippen molar-refractivity contribution in [3.63, 3.8) is 0 Å². The normalized spacial score (nSPS) is 17.5. The maximum absolute atomic E-state index is 11.4. The van der Waals surface area contributed by atoms with Gasteiger partial charge in [0, 0.05) is 48.1 Å². The molecule has 2 aliphatic rings. The Morgan fingerprint density at radius 1 is 1.09 bits per heavy atom. The van der Waals surface area contributed by atoms with Crippen LogP contribution < -0.4 is 10.1 Å². The highest BCUT2D eigenvalue weighted by Crippen LogP contribution is 2.40. The van der Waals surface area contributed by atoms with Crippen LogP contribution in [0.15, 0.2) is 54.9 Å². The molecule has 1 unspecified atom stereocenters. The number of fused-ring (bicyclic) bond motifs is 2. The topological polar surface area (TPSA) is 81.9 Å². The molecule has 1 fully saturated rings. The Hall–Kier alpha value is -3.74. The van der Waals surface area contributed by atoms with Crippen molar-refractivity contribution < 1.29 is 9.53 Å². The highest BCUT2D eigenvalue weighted by Gasteiger charge is 2.26. The standard InChI is InChI=1S/C25H23N5O2/c31-23-9-6-16(28-23)15-32-17-7-8-18-19(10-12-27-21(18)14-17)24-22-5-3-13-30(22)29-25(24)20-4-1-2-11-26-20/h1-2,4,7-8,10-12,14,16H,3,5-6,9,13,15H2,(H,28,31). The van der Waals surface area contributed by atoms with Crippen LogP contribution in [0.1, 0.15) is 25.0 Å². The van der Waals surface area contributed by atoms with Gasteiger partial charge in [0.2, 0.25) is 5.91 Å². The second-order valence-corrected chi connectivity index (χ2v) is 8.36. The smallest absolute Gasteiger partial charge is 0.220 e. The number of hydrogen-bond donors (Lipinski definition) is 1. The minimum absolute atomic E-state index is 0.0772. The van der Waals surface area contributed by atoms with Crippen molar-refractivity contribution in [1.82, 2.24) is 25.1 Å². The number of nitrogens with one attached hydrogen (secondary N) is 1. The molecule has 0 aliphatic carbocycles. The van der Waals surface area contributed by atoms with Crippen LogP contribution in [-0.4, -0.2) is 38.3 Å². The van der Waals surface area contributed by atoms with Crippen LogP contribution in [-0.2, 0) is 17.8 Å². The van der Waals surface area contributed by atoms with E-state index in [1.807, 2.05) is 42.7 Å². The first-order valence-electron chi connectivity index (χ1n) is 11.1. The SMILES string of the molecule is O=C1CCC(COc2ccc3c(-c4c(-c5ccccn5)nn5c4CCC5)ccnc3c2)N1. The zero-order valence-electron chi connectivity index (χ0n) is 17.6. The largest absolute Gasteiger partial charge is 0.491 e. The first kappa shape index (κ1) is 19.0. The highest BCUT2D eigenvalue weighted by molar-refractivity contribution is 5.99. The van der Waals surface area contributed by atoms with E-state index in [0.29, 0.717) is 13.0 Å². The number of ether oxygens (including phenoxy) is 1. The number of rotatable bonds is 5. The van der Waals surface area contributed by atoms with Gasteiger partial charge in [-0.05, 0) is 55.2 Å². The molecule has 1 aromatic carbocycles. The molecule has 1 atom stereocenters. The van der Waals surface area contributed by atoms with E-state index in [1.165, 1.54) is 5.69 Å². The molecule has 3 aromatic heterocycles. The van der Waals surface area contributed by atoms with E-state index in [0.717, 1.165) is 65.0 Å². The molecule has 1 amide bonds. The second-order valence-electron chi connectivity index (χ2n) is 8.36. The average molecular weight is 425 g/mol. The highest BCUT2D eigenvalue weighted by atomic mass is 16.5. The molecule has 0 saturated carbocycles. The summed E-state index contributed by atoms with van der Waals surface area (Å²) in [6.45, 7) is 1.41.